The highest BCUT2D eigenvalue weighted by molar-refractivity contribution is 6.67. The van der Waals surface area contributed by atoms with Crippen LogP contribution in [0.1, 0.15) is 16.2 Å². The Kier molecular flexibility index (Phi) is 2.94. The molecule has 2 aromatic heterocycles. The second-order valence-electron chi connectivity index (χ2n) is 3.17. The Hall–Kier alpha value is -1.39. The molecule has 0 aliphatic rings. The minimum absolute atomic E-state index is 0.250. The first kappa shape index (κ1) is 11.1. The average Bonchev–Trinajstić information content (AvgIpc) is 2.61. The molecule has 0 aromatic carbocycles. The van der Waals surface area contributed by atoms with E-state index in [1.807, 2.05) is 0 Å². The van der Waals surface area contributed by atoms with Crippen molar-refractivity contribution in [3.05, 3.63) is 40.8 Å². The van der Waals surface area contributed by atoms with Crippen molar-refractivity contribution in [1.82, 2.24) is 14.8 Å². The smallest absolute Gasteiger partial charge is 0.271 e. The topological polar surface area (TPSA) is 47.8 Å². The number of pyridine rings is 1. The molecule has 82 valence electrons. The van der Waals surface area contributed by atoms with Gasteiger partial charge in [-0.2, -0.15) is 5.10 Å². The van der Waals surface area contributed by atoms with Gasteiger partial charge in [0.2, 0.25) is 0 Å². The molecule has 0 N–H and O–H groups in total. The van der Waals surface area contributed by atoms with Crippen LogP contribution in [0.4, 0.5) is 0 Å². The molecule has 0 spiro atoms. The van der Waals surface area contributed by atoms with Crippen LogP contribution in [-0.4, -0.2) is 20.0 Å². The van der Waals surface area contributed by atoms with Gasteiger partial charge in [-0.3, -0.25) is 4.79 Å². The van der Waals surface area contributed by atoms with Crippen LogP contribution in [0.2, 0.25) is 5.02 Å². The molecule has 0 aliphatic carbocycles. The highest BCUT2D eigenvalue weighted by atomic mass is 35.5. The Labute approximate surface area is 102 Å². The number of hydrogen-bond acceptors (Lipinski definition) is 3. The second-order valence-corrected chi connectivity index (χ2v) is 3.92. The van der Waals surface area contributed by atoms with Crippen LogP contribution in [0.15, 0.2) is 24.4 Å². The van der Waals surface area contributed by atoms with Crippen molar-refractivity contribution in [1.29, 1.82) is 0 Å². The number of rotatable bonds is 2. The molecule has 0 saturated carbocycles. The normalized spacial score (nSPS) is 10.4. The molecule has 0 atom stereocenters. The van der Waals surface area contributed by atoms with E-state index in [0.717, 1.165) is 0 Å². The van der Waals surface area contributed by atoms with E-state index in [1.54, 1.807) is 31.3 Å². The van der Waals surface area contributed by atoms with E-state index in [9.17, 15) is 4.79 Å². The van der Waals surface area contributed by atoms with Crippen LogP contribution in [0, 0.1) is 6.92 Å². The van der Waals surface area contributed by atoms with Gasteiger partial charge in [-0.25, -0.2) is 9.67 Å². The van der Waals surface area contributed by atoms with Gasteiger partial charge in [0.1, 0.15) is 5.69 Å². The first-order valence-electron chi connectivity index (χ1n) is 4.47. The molecule has 0 unspecified atom stereocenters. The van der Waals surface area contributed by atoms with Crippen LogP contribution >= 0.6 is 23.2 Å². The van der Waals surface area contributed by atoms with E-state index < -0.39 is 5.24 Å². The summed E-state index contributed by atoms with van der Waals surface area (Å²) in [5, 5.41) is 3.94. The number of nitrogens with zero attached hydrogens (tertiary/aromatic N) is 3. The number of hydrogen-bond donors (Lipinski definition) is 0. The van der Waals surface area contributed by atoms with Crippen molar-refractivity contribution < 1.29 is 4.79 Å². The Bertz CT molecular complexity index is 551. The highest BCUT2D eigenvalue weighted by Gasteiger charge is 2.15. The zero-order chi connectivity index (χ0) is 11.7. The highest BCUT2D eigenvalue weighted by Crippen LogP contribution is 2.19. The minimum atomic E-state index is -0.595. The third-order valence-corrected chi connectivity index (χ3v) is 2.46. The maximum Gasteiger partial charge on any atom is 0.271 e. The molecule has 0 fully saturated rings. The van der Waals surface area contributed by atoms with Gasteiger partial charge in [0, 0.05) is 6.20 Å². The van der Waals surface area contributed by atoms with Gasteiger partial charge < -0.3 is 0 Å². The van der Waals surface area contributed by atoms with Crippen LogP contribution in [-0.2, 0) is 0 Å². The number of aryl methyl sites for hydroxylation is 1. The summed E-state index contributed by atoms with van der Waals surface area (Å²) in [5.74, 6) is 0.390. The summed E-state index contributed by atoms with van der Waals surface area (Å²) in [6.07, 6.45) is 1.57. The lowest BCUT2D eigenvalue weighted by molar-refractivity contribution is 0.107. The molecular formula is C10H7Cl2N3O. The van der Waals surface area contributed by atoms with Crippen molar-refractivity contribution in [3.8, 4) is 5.82 Å². The Morgan fingerprint density at radius 2 is 2.25 bits per heavy atom. The summed E-state index contributed by atoms with van der Waals surface area (Å²) in [7, 11) is 0. The number of carbonyl (C=O) groups excluding carboxylic acids is 1. The predicted octanol–water partition coefficient (Wildman–Crippen LogP) is 2.61. The van der Waals surface area contributed by atoms with Crippen molar-refractivity contribution in [2.75, 3.05) is 0 Å². The zero-order valence-electron chi connectivity index (χ0n) is 8.32. The second kappa shape index (κ2) is 4.23. The van der Waals surface area contributed by atoms with Crippen LogP contribution in [0.3, 0.4) is 0 Å². The summed E-state index contributed by atoms with van der Waals surface area (Å²) in [4.78, 5) is 15.3. The van der Waals surface area contributed by atoms with E-state index in [4.69, 9.17) is 23.2 Å². The lowest BCUT2D eigenvalue weighted by atomic mass is 10.4. The van der Waals surface area contributed by atoms with E-state index in [-0.39, 0.29) is 5.69 Å². The van der Waals surface area contributed by atoms with Crippen LogP contribution in [0.5, 0.6) is 0 Å². The van der Waals surface area contributed by atoms with Gasteiger partial charge in [0.05, 0.1) is 10.7 Å². The van der Waals surface area contributed by atoms with Gasteiger partial charge in [-0.1, -0.05) is 11.6 Å². The maximum atomic E-state index is 11.2. The molecule has 0 saturated heterocycles. The van der Waals surface area contributed by atoms with Gasteiger partial charge in [-0.15, -0.1) is 0 Å². The molecule has 2 heterocycles. The molecule has 4 nitrogen and oxygen atoms in total. The number of halogens is 2. The molecule has 0 aliphatic heterocycles. The fourth-order valence-corrected chi connectivity index (χ4v) is 1.67. The maximum absolute atomic E-state index is 11.2. The summed E-state index contributed by atoms with van der Waals surface area (Å²) in [5.41, 5.74) is 0.922. The lowest BCUT2D eigenvalue weighted by Gasteiger charge is -2.04. The average molecular weight is 256 g/mol. The molecule has 0 bridgehead atoms. The van der Waals surface area contributed by atoms with E-state index in [0.29, 0.717) is 16.5 Å². The molecule has 0 amide bonds. The quantitative estimate of drug-likeness (QED) is 0.776. The standard InChI is InChI=1S/C10H7Cl2N3O/c1-6-5-8(9(12)16)15(14-6)10-7(11)3-2-4-13-10/h2-5H,1H3. The van der Waals surface area contributed by atoms with Crippen molar-refractivity contribution in [3.63, 3.8) is 0 Å². The van der Waals surface area contributed by atoms with E-state index >= 15 is 0 Å². The molecular weight excluding hydrogens is 249 g/mol. The van der Waals surface area contributed by atoms with E-state index in [2.05, 4.69) is 10.1 Å². The Morgan fingerprint density at radius 1 is 1.50 bits per heavy atom. The molecule has 2 aromatic rings. The number of aromatic nitrogens is 3. The summed E-state index contributed by atoms with van der Waals surface area (Å²) in [6, 6.07) is 4.95. The van der Waals surface area contributed by atoms with Crippen LogP contribution in [0.25, 0.3) is 5.82 Å². The third kappa shape index (κ3) is 1.94. The number of carbonyl (C=O) groups is 1. The molecule has 0 radical (unpaired) electrons. The molecule has 16 heavy (non-hydrogen) atoms. The predicted molar refractivity (Wildman–Crippen MR) is 61.3 cm³/mol. The zero-order valence-corrected chi connectivity index (χ0v) is 9.83. The lowest BCUT2D eigenvalue weighted by Crippen LogP contribution is -2.07. The minimum Gasteiger partial charge on any atom is -0.274 e. The fraction of sp³-hybridized carbons (Fsp3) is 0.100. The fourth-order valence-electron chi connectivity index (χ4n) is 1.33. The molecule has 2 rings (SSSR count). The van der Waals surface area contributed by atoms with Crippen LogP contribution < -0.4 is 0 Å². The largest absolute Gasteiger partial charge is 0.274 e. The van der Waals surface area contributed by atoms with Crippen molar-refractivity contribution >= 4 is 28.4 Å². The van der Waals surface area contributed by atoms with Gasteiger partial charge >= 0.3 is 0 Å². The molecule has 6 heteroatoms. The SMILES string of the molecule is Cc1cc(C(=O)Cl)n(-c2ncccc2Cl)n1. The monoisotopic (exact) mass is 255 g/mol. The summed E-state index contributed by atoms with van der Waals surface area (Å²) < 4.78 is 1.34. The Morgan fingerprint density at radius 3 is 2.88 bits per heavy atom. The Balaban J connectivity index is 2.64. The van der Waals surface area contributed by atoms with E-state index in [1.165, 1.54) is 4.68 Å². The first-order valence-corrected chi connectivity index (χ1v) is 5.22. The van der Waals surface area contributed by atoms with Gasteiger partial charge in [-0.05, 0) is 36.7 Å². The van der Waals surface area contributed by atoms with Gasteiger partial charge in [0.15, 0.2) is 5.82 Å². The summed E-state index contributed by atoms with van der Waals surface area (Å²) in [6.45, 7) is 1.76. The summed E-state index contributed by atoms with van der Waals surface area (Å²) >= 11 is 11.4. The van der Waals surface area contributed by atoms with Crippen molar-refractivity contribution in [2.24, 2.45) is 0 Å². The third-order valence-electron chi connectivity index (χ3n) is 1.97. The van der Waals surface area contributed by atoms with Crippen molar-refractivity contribution in [2.45, 2.75) is 6.92 Å². The van der Waals surface area contributed by atoms with Gasteiger partial charge in [0.25, 0.3) is 5.24 Å². The first-order chi connectivity index (χ1) is 7.59.